The molecule has 0 bridgehead atoms. The van der Waals surface area contributed by atoms with Gasteiger partial charge in [0.15, 0.2) is 0 Å². The van der Waals surface area contributed by atoms with E-state index in [1.807, 2.05) is 0 Å². The summed E-state index contributed by atoms with van der Waals surface area (Å²) < 4.78 is 0. The number of aliphatic carboxylic acids is 1. The van der Waals surface area contributed by atoms with Crippen LogP contribution in [0, 0.1) is 5.92 Å². The normalized spacial score (nSPS) is 18.2. The summed E-state index contributed by atoms with van der Waals surface area (Å²) in [5.41, 5.74) is 0.264. The van der Waals surface area contributed by atoms with Gasteiger partial charge in [0, 0.05) is 18.7 Å². The fourth-order valence-electron chi connectivity index (χ4n) is 2.13. The highest BCUT2D eigenvalue weighted by atomic mass is 16.4. The lowest BCUT2D eigenvalue weighted by atomic mass is 9.85. The minimum Gasteiger partial charge on any atom is -0.481 e. The number of rotatable bonds is 4. The zero-order valence-electron chi connectivity index (χ0n) is 12.0. The van der Waals surface area contributed by atoms with Crippen LogP contribution in [0.5, 0.6) is 0 Å². The Balaban J connectivity index is 2.04. The maximum Gasteiger partial charge on any atom is 0.313 e. The molecule has 0 spiro atoms. The van der Waals surface area contributed by atoms with Crippen molar-refractivity contribution >= 4 is 23.5 Å². The van der Waals surface area contributed by atoms with E-state index in [2.05, 4.69) is 10.6 Å². The highest BCUT2D eigenvalue weighted by molar-refractivity contribution is 5.97. The molecule has 112 valence electrons. The van der Waals surface area contributed by atoms with Gasteiger partial charge >= 0.3 is 5.97 Å². The number of hydrogen-bond acceptors (Lipinski definition) is 3. The van der Waals surface area contributed by atoms with Gasteiger partial charge in [0.05, 0.1) is 11.3 Å². The van der Waals surface area contributed by atoms with Gasteiger partial charge in [-0.1, -0.05) is 12.1 Å². The van der Waals surface area contributed by atoms with E-state index in [-0.39, 0.29) is 24.2 Å². The quantitative estimate of drug-likeness (QED) is 0.774. The first-order valence-electron chi connectivity index (χ1n) is 6.72. The predicted octanol–water partition coefficient (Wildman–Crippen LogP) is 1.12. The average Bonchev–Trinajstić information content (AvgIpc) is 2.86. The number of carboxylic acid groups (broad SMARTS) is 1. The zero-order valence-corrected chi connectivity index (χ0v) is 12.0. The van der Waals surface area contributed by atoms with Gasteiger partial charge in [-0.25, -0.2) is 0 Å². The van der Waals surface area contributed by atoms with Crippen LogP contribution in [0.1, 0.15) is 25.8 Å². The Morgan fingerprint density at radius 3 is 2.38 bits per heavy atom. The summed E-state index contributed by atoms with van der Waals surface area (Å²) in [6.45, 7) is 3.60. The van der Waals surface area contributed by atoms with E-state index in [4.69, 9.17) is 5.11 Å². The molecule has 21 heavy (non-hydrogen) atoms. The summed E-state index contributed by atoms with van der Waals surface area (Å²) in [5, 5.41) is 14.5. The lowest BCUT2D eigenvalue weighted by molar-refractivity contribution is -0.142. The Morgan fingerprint density at radius 2 is 1.90 bits per heavy atom. The summed E-state index contributed by atoms with van der Waals surface area (Å²) in [5.74, 6) is -1.59. The number of carbonyl (C=O) groups is 3. The summed E-state index contributed by atoms with van der Waals surface area (Å²) in [7, 11) is 0. The van der Waals surface area contributed by atoms with Crippen LogP contribution in [0.4, 0.5) is 5.69 Å². The van der Waals surface area contributed by atoms with Gasteiger partial charge in [-0.05, 0) is 31.5 Å². The Kier molecular flexibility index (Phi) is 3.97. The molecule has 1 aliphatic rings. The topological polar surface area (TPSA) is 95.5 Å². The fourth-order valence-corrected chi connectivity index (χ4v) is 2.13. The number of hydrogen-bond donors (Lipinski definition) is 3. The third-order valence-electron chi connectivity index (χ3n) is 3.76. The average molecular weight is 290 g/mol. The van der Waals surface area contributed by atoms with Crippen LogP contribution in [-0.4, -0.2) is 29.4 Å². The number of benzene rings is 1. The SMILES string of the molecule is CC(C)(C(=O)O)c1ccc(NC(=O)C2CNC(=O)C2)cc1. The molecule has 1 unspecified atom stereocenters. The second kappa shape index (κ2) is 5.55. The minimum absolute atomic E-state index is 0.117. The van der Waals surface area contributed by atoms with E-state index in [1.165, 1.54) is 0 Å². The van der Waals surface area contributed by atoms with Crippen LogP contribution in [0.25, 0.3) is 0 Å². The van der Waals surface area contributed by atoms with Crippen LogP contribution in [0.3, 0.4) is 0 Å². The third-order valence-corrected chi connectivity index (χ3v) is 3.76. The van der Waals surface area contributed by atoms with E-state index in [9.17, 15) is 14.4 Å². The van der Waals surface area contributed by atoms with Crippen LogP contribution in [-0.2, 0) is 19.8 Å². The van der Waals surface area contributed by atoms with Crippen LogP contribution < -0.4 is 10.6 Å². The Bertz CT molecular complexity index is 578. The van der Waals surface area contributed by atoms with Crippen molar-refractivity contribution in [3.05, 3.63) is 29.8 Å². The molecule has 0 aromatic heterocycles. The van der Waals surface area contributed by atoms with Crippen molar-refractivity contribution in [3.63, 3.8) is 0 Å². The van der Waals surface area contributed by atoms with Gasteiger partial charge in [0.2, 0.25) is 11.8 Å². The van der Waals surface area contributed by atoms with Crippen LogP contribution in [0.2, 0.25) is 0 Å². The lowest BCUT2D eigenvalue weighted by Crippen LogP contribution is -2.28. The third kappa shape index (κ3) is 3.21. The van der Waals surface area contributed by atoms with E-state index in [0.29, 0.717) is 17.8 Å². The first-order valence-corrected chi connectivity index (χ1v) is 6.72. The van der Waals surface area contributed by atoms with Gasteiger partial charge in [0.25, 0.3) is 0 Å². The second-order valence-corrected chi connectivity index (χ2v) is 5.70. The number of amides is 2. The van der Waals surface area contributed by atoms with E-state index < -0.39 is 11.4 Å². The Hall–Kier alpha value is -2.37. The lowest BCUT2D eigenvalue weighted by Gasteiger charge is -2.20. The molecule has 6 heteroatoms. The molecule has 0 aliphatic carbocycles. The van der Waals surface area contributed by atoms with Crippen molar-refractivity contribution in [1.82, 2.24) is 5.32 Å². The maximum absolute atomic E-state index is 12.0. The van der Waals surface area contributed by atoms with Crippen molar-refractivity contribution in [2.24, 2.45) is 5.92 Å². The van der Waals surface area contributed by atoms with Crippen molar-refractivity contribution < 1.29 is 19.5 Å². The Morgan fingerprint density at radius 1 is 1.29 bits per heavy atom. The first kappa shape index (κ1) is 15.0. The predicted molar refractivity (Wildman–Crippen MR) is 76.9 cm³/mol. The molecule has 3 N–H and O–H groups in total. The smallest absolute Gasteiger partial charge is 0.313 e. The highest BCUT2D eigenvalue weighted by Crippen LogP contribution is 2.25. The number of carboxylic acids is 1. The van der Waals surface area contributed by atoms with Gasteiger partial charge < -0.3 is 15.7 Å². The van der Waals surface area contributed by atoms with Crippen LogP contribution >= 0.6 is 0 Å². The Labute approximate surface area is 122 Å². The van der Waals surface area contributed by atoms with Gasteiger partial charge in [0.1, 0.15) is 0 Å². The molecule has 0 saturated carbocycles. The zero-order chi connectivity index (χ0) is 15.6. The molecule has 1 fully saturated rings. The minimum atomic E-state index is -0.982. The van der Waals surface area contributed by atoms with Crippen molar-refractivity contribution in [2.45, 2.75) is 25.7 Å². The molecule has 1 aliphatic heterocycles. The van der Waals surface area contributed by atoms with Gasteiger partial charge in [-0.2, -0.15) is 0 Å². The monoisotopic (exact) mass is 290 g/mol. The maximum atomic E-state index is 12.0. The van der Waals surface area contributed by atoms with Gasteiger partial charge in [-0.15, -0.1) is 0 Å². The standard InChI is InChI=1S/C15H18N2O4/c1-15(2,14(20)21)10-3-5-11(6-4-10)17-13(19)9-7-12(18)16-8-9/h3-6,9H,7-8H2,1-2H3,(H,16,18)(H,17,19)(H,20,21). The summed E-state index contributed by atoms with van der Waals surface area (Å²) in [6.07, 6.45) is 0.204. The van der Waals surface area contributed by atoms with Crippen LogP contribution in [0.15, 0.2) is 24.3 Å². The number of nitrogens with one attached hydrogen (secondary N) is 2. The fraction of sp³-hybridized carbons (Fsp3) is 0.400. The first-order chi connectivity index (χ1) is 9.80. The molecule has 0 radical (unpaired) electrons. The van der Waals surface area contributed by atoms with E-state index in [1.54, 1.807) is 38.1 Å². The molecular formula is C15H18N2O4. The number of carbonyl (C=O) groups excluding carboxylic acids is 2. The molecule has 1 saturated heterocycles. The molecule has 2 amide bonds. The summed E-state index contributed by atoms with van der Waals surface area (Å²) in [4.78, 5) is 34.2. The molecule has 2 rings (SSSR count). The van der Waals surface area contributed by atoms with E-state index in [0.717, 1.165) is 0 Å². The molecule has 1 aromatic carbocycles. The van der Waals surface area contributed by atoms with Crippen molar-refractivity contribution in [1.29, 1.82) is 0 Å². The van der Waals surface area contributed by atoms with Crippen molar-refractivity contribution in [3.8, 4) is 0 Å². The molecule has 1 heterocycles. The molecule has 1 atom stereocenters. The van der Waals surface area contributed by atoms with Crippen molar-refractivity contribution in [2.75, 3.05) is 11.9 Å². The second-order valence-electron chi connectivity index (χ2n) is 5.70. The highest BCUT2D eigenvalue weighted by Gasteiger charge is 2.30. The summed E-state index contributed by atoms with van der Waals surface area (Å²) in [6, 6.07) is 6.70. The molecule has 1 aromatic rings. The summed E-state index contributed by atoms with van der Waals surface area (Å²) >= 11 is 0. The molecule has 6 nitrogen and oxygen atoms in total. The van der Waals surface area contributed by atoms with Gasteiger partial charge in [-0.3, -0.25) is 14.4 Å². The molecular weight excluding hydrogens is 272 g/mol. The van der Waals surface area contributed by atoms with E-state index >= 15 is 0 Å². The number of anilines is 1. The largest absolute Gasteiger partial charge is 0.481 e.